The second kappa shape index (κ2) is 6.97. The zero-order valence-electron chi connectivity index (χ0n) is 10.1. The van der Waals surface area contributed by atoms with E-state index in [-0.39, 0.29) is 12.5 Å². The Kier molecular flexibility index (Phi) is 5.91. The first-order valence-electron chi connectivity index (χ1n) is 5.47. The Morgan fingerprint density at radius 2 is 2.22 bits per heavy atom. The lowest BCUT2D eigenvalue weighted by Crippen LogP contribution is -2.39. The van der Waals surface area contributed by atoms with E-state index in [1.165, 1.54) is 0 Å². The van der Waals surface area contributed by atoms with Crippen LogP contribution < -0.4 is 10.1 Å². The maximum atomic E-state index is 11.6. The summed E-state index contributed by atoms with van der Waals surface area (Å²) >= 11 is 9.11. The van der Waals surface area contributed by atoms with E-state index in [1.807, 2.05) is 0 Å². The molecule has 1 aromatic rings. The molecule has 0 aliphatic carbocycles. The maximum absolute atomic E-state index is 11.6. The summed E-state index contributed by atoms with van der Waals surface area (Å²) in [4.78, 5) is 11.6. The molecule has 6 heteroatoms. The van der Waals surface area contributed by atoms with Gasteiger partial charge in [-0.15, -0.1) is 0 Å². The number of aliphatic hydroxyl groups excluding tert-OH is 1. The first-order valence-corrected chi connectivity index (χ1v) is 6.64. The first kappa shape index (κ1) is 15.3. The van der Waals surface area contributed by atoms with E-state index in [4.69, 9.17) is 21.4 Å². The number of benzene rings is 1. The summed E-state index contributed by atoms with van der Waals surface area (Å²) < 4.78 is 6.18. The fourth-order valence-corrected chi connectivity index (χ4v) is 1.98. The van der Waals surface area contributed by atoms with E-state index in [0.29, 0.717) is 15.2 Å². The van der Waals surface area contributed by atoms with E-state index in [0.717, 1.165) is 0 Å². The molecule has 0 bridgehead atoms. The molecule has 0 aromatic heterocycles. The summed E-state index contributed by atoms with van der Waals surface area (Å²) in [6.07, 6.45) is -1.23. The average molecular weight is 337 g/mol. The van der Waals surface area contributed by atoms with Gasteiger partial charge in [-0.1, -0.05) is 11.6 Å². The molecule has 0 spiro atoms. The third kappa shape index (κ3) is 4.84. The Morgan fingerprint density at radius 1 is 1.56 bits per heavy atom. The zero-order chi connectivity index (χ0) is 13.7. The van der Waals surface area contributed by atoms with Crippen molar-refractivity contribution in [2.45, 2.75) is 26.1 Å². The predicted octanol–water partition coefficient (Wildman–Crippen LogP) is 2.37. The summed E-state index contributed by atoms with van der Waals surface area (Å²) in [5.41, 5.74) is 0. The van der Waals surface area contributed by atoms with Crippen molar-refractivity contribution in [3.05, 3.63) is 27.7 Å². The number of aliphatic hydroxyl groups is 1. The summed E-state index contributed by atoms with van der Waals surface area (Å²) in [6.45, 7) is 3.44. The molecule has 0 saturated heterocycles. The lowest BCUT2D eigenvalue weighted by atomic mass is 10.3. The number of amides is 1. The number of hydrogen-bond donors (Lipinski definition) is 2. The van der Waals surface area contributed by atoms with Gasteiger partial charge in [0.05, 0.1) is 10.6 Å². The lowest BCUT2D eigenvalue weighted by Gasteiger charge is -2.16. The molecule has 1 rings (SSSR count). The topological polar surface area (TPSA) is 58.6 Å². The van der Waals surface area contributed by atoms with Crippen molar-refractivity contribution in [3.8, 4) is 5.75 Å². The van der Waals surface area contributed by atoms with Gasteiger partial charge in [-0.3, -0.25) is 4.79 Å². The molecule has 100 valence electrons. The van der Waals surface area contributed by atoms with Crippen LogP contribution in [0.1, 0.15) is 13.8 Å². The van der Waals surface area contributed by atoms with Crippen LogP contribution in [0.5, 0.6) is 5.75 Å². The number of rotatable bonds is 5. The average Bonchev–Trinajstić information content (AvgIpc) is 2.29. The van der Waals surface area contributed by atoms with Gasteiger partial charge in [-0.05, 0) is 48.0 Å². The van der Waals surface area contributed by atoms with Crippen molar-refractivity contribution >= 4 is 33.4 Å². The number of carbonyl (C=O) groups is 1. The molecule has 1 amide bonds. The van der Waals surface area contributed by atoms with Crippen molar-refractivity contribution in [1.82, 2.24) is 5.32 Å². The first-order chi connectivity index (χ1) is 8.40. The van der Waals surface area contributed by atoms with Crippen LogP contribution in [0, 0.1) is 0 Å². The molecule has 4 nitrogen and oxygen atoms in total. The highest BCUT2D eigenvalue weighted by molar-refractivity contribution is 9.10. The van der Waals surface area contributed by atoms with E-state index < -0.39 is 12.2 Å². The minimum Gasteiger partial charge on any atom is -0.480 e. The number of nitrogens with one attached hydrogen (secondary N) is 1. The van der Waals surface area contributed by atoms with Gasteiger partial charge in [0.1, 0.15) is 5.75 Å². The van der Waals surface area contributed by atoms with Crippen LogP contribution >= 0.6 is 27.5 Å². The summed E-state index contributed by atoms with van der Waals surface area (Å²) in [7, 11) is 0. The van der Waals surface area contributed by atoms with Crippen LogP contribution in [0.2, 0.25) is 5.02 Å². The molecular weight excluding hydrogens is 321 g/mol. The molecule has 0 aliphatic rings. The van der Waals surface area contributed by atoms with Gasteiger partial charge < -0.3 is 15.2 Å². The standard InChI is InChI=1S/C12H15BrClNO3/c1-7(16)6-15-12(17)8(2)18-11-4-3-9(14)5-10(11)13/h3-5,7-8,16H,6H2,1-2H3,(H,15,17)/t7-,8?/m1/s1. The minimum atomic E-state index is -0.652. The van der Waals surface area contributed by atoms with Gasteiger partial charge >= 0.3 is 0 Å². The monoisotopic (exact) mass is 335 g/mol. The van der Waals surface area contributed by atoms with Crippen molar-refractivity contribution in [1.29, 1.82) is 0 Å². The summed E-state index contributed by atoms with van der Waals surface area (Å²) in [6, 6.07) is 5.06. The molecule has 0 radical (unpaired) electrons. The third-order valence-corrected chi connectivity index (χ3v) is 2.99. The fourth-order valence-electron chi connectivity index (χ4n) is 1.21. The van der Waals surface area contributed by atoms with Crippen LogP contribution in [-0.4, -0.2) is 29.8 Å². The Labute approximate surface area is 119 Å². The smallest absolute Gasteiger partial charge is 0.260 e. The highest BCUT2D eigenvalue weighted by Gasteiger charge is 2.16. The number of carbonyl (C=O) groups excluding carboxylic acids is 1. The van der Waals surface area contributed by atoms with E-state index >= 15 is 0 Å². The Bertz CT molecular complexity index is 426. The normalized spacial score (nSPS) is 13.8. The van der Waals surface area contributed by atoms with Gasteiger partial charge in [0, 0.05) is 11.6 Å². The Hall–Kier alpha value is -0.780. The third-order valence-electron chi connectivity index (χ3n) is 2.14. The number of ether oxygens (including phenoxy) is 1. The van der Waals surface area contributed by atoms with Crippen LogP contribution in [0.15, 0.2) is 22.7 Å². The number of halogens is 2. The zero-order valence-corrected chi connectivity index (χ0v) is 12.5. The quantitative estimate of drug-likeness (QED) is 0.868. The highest BCUT2D eigenvalue weighted by atomic mass is 79.9. The molecule has 1 aromatic carbocycles. The number of hydrogen-bond acceptors (Lipinski definition) is 3. The largest absolute Gasteiger partial charge is 0.480 e. The molecule has 18 heavy (non-hydrogen) atoms. The van der Waals surface area contributed by atoms with Crippen LogP contribution in [0.3, 0.4) is 0 Å². The van der Waals surface area contributed by atoms with Gasteiger partial charge in [-0.2, -0.15) is 0 Å². The molecule has 1 unspecified atom stereocenters. The van der Waals surface area contributed by atoms with Crippen molar-refractivity contribution in [3.63, 3.8) is 0 Å². The second-order valence-corrected chi connectivity index (χ2v) is 5.22. The molecule has 0 heterocycles. The van der Waals surface area contributed by atoms with Gasteiger partial charge in [0.25, 0.3) is 5.91 Å². The summed E-state index contributed by atoms with van der Waals surface area (Å²) in [5, 5.41) is 12.2. The SMILES string of the molecule is CC(Oc1ccc(Cl)cc1Br)C(=O)NC[C@@H](C)O. The predicted molar refractivity (Wildman–Crippen MR) is 73.9 cm³/mol. The van der Waals surface area contributed by atoms with Crippen LogP contribution in [0.4, 0.5) is 0 Å². The second-order valence-electron chi connectivity index (χ2n) is 3.93. The van der Waals surface area contributed by atoms with E-state index in [1.54, 1.807) is 32.0 Å². The molecule has 2 atom stereocenters. The van der Waals surface area contributed by atoms with Crippen LogP contribution in [0.25, 0.3) is 0 Å². The highest BCUT2D eigenvalue weighted by Crippen LogP contribution is 2.28. The fraction of sp³-hybridized carbons (Fsp3) is 0.417. The van der Waals surface area contributed by atoms with Crippen molar-refractivity contribution < 1.29 is 14.6 Å². The lowest BCUT2D eigenvalue weighted by molar-refractivity contribution is -0.127. The minimum absolute atomic E-state index is 0.203. The molecule has 0 fully saturated rings. The molecule has 0 saturated carbocycles. The Morgan fingerprint density at radius 3 is 2.78 bits per heavy atom. The van der Waals surface area contributed by atoms with E-state index in [9.17, 15) is 4.79 Å². The molecular formula is C12H15BrClNO3. The van der Waals surface area contributed by atoms with E-state index in [2.05, 4.69) is 21.2 Å². The molecule has 2 N–H and O–H groups in total. The van der Waals surface area contributed by atoms with Gasteiger partial charge in [0.2, 0.25) is 0 Å². The van der Waals surface area contributed by atoms with Crippen LogP contribution in [-0.2, 0) is 4.79 Å². The van der Waals surface area contributed by atoms with Gasteiger partial charge in [0.15, 0.2) is 6.10 Å². The maximum Gasteiger partial charge on any atom is 0.260 e. The summed E-state index contributed by atoms with van der Waals surface area (Å²) in [5.74, 6) is 0.261. The van der Waals surface area contributed by atoms with Crippen molar-refractivity contribution in [2.24, 2.45) is 0 Å². The Balaban J connectivity index is 2.58. The molecule has 0 aliphatic heterocycles. The van der Waals surface area contributed by atoms with Crippen molar-refractivity contribution in [2.75, 3.05) is 6.54 Å². The van der Waals surface area contributed by atoms with Gasteiger partial charge in [-0.25, -0.2) is 0 Å².